The highest BCUT2D eigenvalue weighted by atomic mass is 16.5. The highest BCUT2D eigenvalue weighted by molar-refractivity contribution is 5.79. The molecule has 0 aliphatic rings. The van der Waals surface area contributed by atoms with Crippen molar-refractivity contribution in [2.75, 3.05) is 32.6 Å². The van der Waals surface area contributed by atoms with Gasteiger partial charge in [0.15, 0.2) is 6.54 Å². The molecule has 1 heterocycles. The van der Waals surface area contributed by atoms with Crippen molar-refractivity contribution in [1.82, 2.24) is 0 Å². The van der Waals surface area contributed by atoms with Crippen LogP contribution in [0, 0.1) is 0 Å². The van der Waals surface area contributed by atoms with Gasteiger partial charge in [0.05, 0.1) is 19.0 Å². The van der Waals surface area contributed by atoms with Gasteiger partial charge in [-0.3, -0.25) is 0 Å². The van der Waals surface area contributed by atoms with E-state index in [4.69, 9.17) is 10.5 Å². The first-order valence-corrected chi connectivity index (χ1v) is 8.78. The van der Waals surface area contributed by atoms with Crippen LogP contribution in [0.25, 0.3) is 23.1 Å². The molecule has 4 heteroatoms. The van der Waals surface area contributed by atoms with Crippen LogP contribution in [0.4, 0.5) is 5.69 Å². The van der Waals surface area contributed by atoms with E-state index in [0.29, 0.717) is 6.54 Å². The number of hydrogen-bond donors (Lipinski definition) is 1. The SMILES string of the molecule is COc1ccc2c(ccc(/C=C/c3ccc(N(C)C)cc3)[n+]2CCN)c1. The van der Waals surface area contributed by atoms with E-state index in [2.05, 4.69) is 70.1 Å². The summed E-state index contributed by atoms with van der Waals surface area (Å²) in [4.78, 5) is 2.10. The van der Waals surface area contributed by atoms with Gasteiger partial charge in [-0.25, -0.2) is 0 Å². The minimum absolute atomic E-state index is 0.591. The third kappa shape index (κ3) is 3.86. The van der Waals surface area contributed by atoms with Crippen LogP contribution in [-0.4, -0.2) is 27.7 Å². The Bertz CT molecular complexity index is 915. The van der Waals surface area contributed by atoms with Crippen molar-refractivity contribution in [1.29, 1.82) is 0 Å². The number of hydrogen-bond acceptors (Lipinski definition) is 3. The Morgan fingerprint density at radius 2 is 1.77 bits per heavy atom. The smallest absolute Gasteiger partial charge is 0.213 e. The average molecular weight is 348 g/mol. The van der Waals surface area contributed by atoms with Crippen molar-refractivity contribution < 1.29 is 9.30 Å². The number of aromatic nitrogens is 1. The number of ether oxygens (including phenoxy) is 1. The molecule has 1 aromatic heterocycles. The summed E-state index contributed by atoms with van der Waals surface area (Å²) >= 11 is 0. The second kappa shape index (κ2) is 8.02. The summed E-state index contributed by atoms with van der Waals surface area (Å²) in [6.45, 7) is 1.36. The van der Waals surface area contributed by atoms with Crippen LogP contribution in [-0.2, 0) is 6.54 Å². The van der Waals surface area contributed by atoms with Crippen LogP contribution in [0.1, 0.15) is 11.3 Å². The summed E-state index contributed by atoms with van der Waals surface area (Å²) < 4.78 is 7.58. The number of anilines is 1. The largest absolute Gasteiger partial charge is 0.497 e. The second-order valence-corrected chi connectivity index (χ2v) is 6.44. The molecule has 0 spiro atoms. The fourth-order valence-electron chi connectivity index (χ4n) is 3.03. The molecule has 134 valence electrons. The fraction of sp³-hybridized carbons (Fsp3) is 0.227. The molecule has 2 aromatic carbocycles. The predicted octanol–water partition coefficient (Wildman–Crippen LogP) is 3.33. The maximum atomic E-state index is 5.85. The zero-order chi connectivity index (χ0) is 18.5. The number of methoxy groups -OCH3 is 1. The van der Waals surface area contributed by atoms with Gasteiger partial charge < -0.3 is 15.4 Å². The summed E-state index contributed by atoms with van der Waals surface area (Å²) in [5.41, 5.74) is 10.5. The molecule has 0 unspecified atom stereocenters. The molecule has 0 amide bonds. The lowest BCUT2D eigenvalue weighted by atomic mass is 10.1. The van der Waals surface area contributed by atoms with Gasteiger partial charge in [0.2, 0.25) is 11.2 Å². The number of nitrogens with zero attached hydrogens (tertiary/aromatic N) is 2. The molecule has 3 rings (SSSR count). The van der Waals surface area contributed by atoms with Crippen molar-refractivity contribution in [2.24, 2.45) is 5.73 Å². The molecule has 0 aliphatic carbocycles. The molecule has 0 bridgehead atoms. The van der Waals surface area contributed by atoms with Gasteiger partial charge in [-0.2, -0.15) is 4.57 Å². The van der Waals surface area contributed by atoms with E-state index >= 15 is 0 Å². The van der Waals surface area contributed by atoms with Gasteiger partial charge in [-0.1, -0.05) is 12.1 Å². The molecule has 0 saturated heterocycles. The quantitative estimate of drug-likeness (QED) is 0.695. The van der Waals surface area contributed by atoms with E-state index in [1.165, 1.54) is 11.3 Å². The third-order valence-corrected chi connectivity index (χ3v) is 4.48. The fourth-order valence-corrected chi connectivity index (χ4v) is 3.03. The van der Waals surface area contributed by atoms with Crippen LogP contribution in [0.5, 0.6) is 5.75 Å². The third-order valence-electron chi connectivity index (χ3n) is 4.48. The van der Waals surface area contributed by atoms with Gasteiger partial charge in [-0.05, 0) is 42.0 Å². The first-order valence-electron chi connectivity index (χ1n) is 8.78. The summed E-state index contributed by atoms with van der Waals surface area (Å²) in [6.07, 6.45) is 4.28. The minimum atomic E-state index is 0.591. The lowest BCUT2D eigenvalue weighted by Gasteiger charge is -2.11. The van der Waals surface area contributed by atoms with Crippen molar-refractivity contribution in [3.8, 4) is 5.75 Å². The summed E-state index contributed by atoms with van der Waals surface area (Å²) in [5, 5.41) is 1.14. The summed E-state index contributed by atoms with van der Waals surface area (Å²) in [6, 6.07) is 18.9. The monoisotopic (exact) mass is 348 g/mol. The molecule has 26 heavy (non-hydrogen) atoms. The second-order valence-electron chi connectivity index (χ2n) is 6.44. The number of nitrogens with two attached hydrogens (primary N) is 1. The molecule has 0 atom stereocenters. The van der Waals surface area contributed by atoms with Crippen molar-refractivity contribution in [3.05, 3.63) is 65.9 Å². The topological polar surface area (TPSA) is 42.4 Å². The minimum Gasteiger partial charge on any atom is -0.497 e. The zero-order valence-electron chi connectivity index (χ0n) is 15.6. The summed E-state index contributed by atoms with van der Waals surface area (Å²) in [5.74, 6) is 0.862. The molecular formula is C22H26N3O+. The van der Waals surface area contributed by atoms with E-state index in [1.54, 1.807) is 7.11 Å². The number of benzene rings is 2. The van der Waals surface area contributed by atoms with E-state index in [1.807, 2.05) is 20.2 Å². The Kier molecular flexibility index (Phi) is 5.54. The maximum Gasteiger partial charge on any atom is 0.213 e. The van der Waals surface area contributed by atoms with Gasteiger partial charge in [-0.15, -0.1) is 0 Å². The zero-order valence-corrected chi connectivity index (χ0v) is 15.6. The maximum absolute atomic E-state index is 5.85. The van der Waals surface area contributed by atoms with Crippen LogP contribution >= 0.6 is 0 Å². The first-order chi connectivity index (χ1) is 12.6. The van der Waals surface area contributed by atoms with E-state index in [-0.39, 0.29) is 0 Å². The van der Waals surface area contributed by atoms with E-state index in [9.17, 15) is 0 Å². The van der Waals surface area contributed by atoms with Gasteiger partial charge in [0.1, 0.15) is 5.75 Å². The van der Waals surface area contributed by atoms with Gasteiger partial charge in [0, 0.05) is 38.0 Å². The predicted molar refractivity (Wildman–Crippen MR) is 109 cm³/mol. The van der Waals surface area contributed by atoms with Crippen molar-refractivity contribution in [3.63, 3.8) is 0 Å². The van der Waals surface area contributed by atoms with Crippen LogP contribution in [0.2, 0.25) is 0 Å². The molecule has 3 aromatic rings. The molecule has 0 aliphatic heterocycles. The Morgan fingerprint density at radius 1 is 1.00 bits per heavy atom. The molecule has 2 N–H and O–H groups in total. The van der Waals surface area contributed by atoms with Crippen LogP contribution in [0.15, 0.2) is 54.6 Å². The lowest BCUT2D eigenvalue weighted by molar-refractivity contribution is -0.670. The lowest BCUT2D eigenvalue weighted by Crippen LogP contribution is -2.41. The van der Waals surface area contributed by atoms with E-state index in [0.717, 1.165) is 28.9 Å². The Morgan fingerprint density at radius 3 is 2.42 bits per heavy atom. The van der Waals surface area contributed by atoms with E-state index < -0.39 is 0 Å². The highest BCUT2D eigenvalue weighted by Gasteiger charge is 2.13. The van der Waals surface area contributed by atoms with Crippen LogP contribution in [0.3, 0.4) is 0 Å². The van der Waals surface area contributed by atoms with Crippen LogP contribution < -0.4 is 19.9 Å². The molecule has 0 saturated carbocycles. The normalized spacial score (nSPS) is 11.2. The van der Waals surface area contributed by atoms with Gasteiger partial charge in [0.25, 0.3) is 0 Å². The highest BCUT2D eigenvalue weighted by Crippen LogP contribution is 2.20. The standard InChI is InChI=1S/C22H26N3O/c1-24(2)19-8-4-17(5-9-19)6-10-20-11-7-18-16-21(26-3)12-13-22(18)25(20)15-14-23/h4-13,16H,14-15,23H2,1-3H3/q+1. The Balaban J connectivity index is 1.96. The molecule has 0 fully saturated rings. The van der Waals surface area contributed by atoms with Crippen molar-refractivity contribution in [2.45, 2.75) is 6.54 Å². The first kappa shape index (κ1) is 18.0. The molecular weight excluding hydrogens is 322 g/mol. The number of fused-ring (bicyclic) bond motifs is 1. The number of pyridine rings is 1. The van der Waals surface area contributed by atoms with Crippen molar-refractivity contribution >= 4 is 28.7 Å². The summed E-state index contributed by atoms with van der Waals surface area (Å²) in [7, 11) is 5.78. The average Bonchev–Trinajstić information content (AvgIpc) is 2.67. The van der Waals surface area contributed by atoms with Gasteiger partial charge >= 0.3 is 0 Å². The molecule has 4 nitrogen and oxygen atoms in total. The Labute approximate surface area is 155 Å². The number of rotatable bonds is 6. The molecule has 0 radical (unpaired) electrons. The Hall–Kier alpha value is -2.85.